The van der Waals surface area contributed by atoms with Gasteiger partial charge in [-0.15, -0.1) is 0 Å². The summed E-state index contributed by atoms with van der Waals surface area (Å²) in [6.45, 7) is 11.8. The number of nitrogens with zero attached hydrogens (tertiary/aromatic N) is 1. The number of carbonyl (C=O) groups is 4. The van der Waals surface area contributed by atoms with E-state index in [2.05, 4.69) is 28.6 Å². The van der Waals surface area contributed by atoms with Gasteiger partial charge < -0.3 is 31.1 Å². The molecule has 0 aliphatic carbocycles. The lowest BCUT2D eigenvalue weighted by Crippen LogP contribution is -2.32. The molecule has 1 fully saturated rings. The van der Waals surface area contributed by atoms with E-state index in [1.54, 1.807) is 0 Å². The summed E-state index contributed by atoms with van der Waals surface area (Å²) in [5, 5.41) is 28.7. The van der Waals surface area contributed by atoms with Gasteiger partial charge in [0.05, 0.1) is 12.1 Å². The number of carbonyl (C=O) groups excluding carboxylic acids is 2. The number of carboxylic acid groups (broad SMARTS) is 2. The number of allylic oxidation sites excluding steroid dienone is 2. The van der Waals surface area contributed by atoms with Crippen molar-refractivity contribution in [2.45, 2.75) is 104 Å². The summed E-state index contributed by atoms with van der Waals surface area (Å²) in [5.41, 5.74) is 7.91. The van der Waals surface area contributed by atoms with Gasteiger partial charge in [-0.1, -0.05) is 38.8 Å². The first-order valence-corrected chi connectivity index (χ1v) is 16.0. The lowest BCUT2D eigenvalue weighted by atomic mass is 9.87. The van der Waals surface area contributed by atoms with Crippen LogP contribution in [-0.2, 0) is 38.4 Å². The van der Waals surface area contributed by atoms with Gasteiger partial charge in [0.15, 0.2) is 0 Å². The van der Waals surface area contributed by atoms with Gasteiger partial charge in [0.25, 0.3) is 0 Å². The summed E-state index contributed by atoms with van der Waals surface area (Å²) in [4.78, 5) is 53.1. The number of hydrogen-bond acceptors (Lipinski definition) is 6. The lowest BCUT2D eigenvalue weighted by molar-refractivity contribution is -0.138. The maximum Gasteiger partial charge on any atom is 0.303 e. The highest BCUT2D eigenvalue weighted by Gasteiger charge is 2.41. The Morgan fingerprint density at radius 2 is 1.70 bits per heavy atom. The van der Waals surface area contributed by atoms with Crippen LogP contribution < -0.4 is 20.9 Å². The van der Waals surface area contributed by atoms with Crippen LogP contribution in [-0.4, -0.2) is 51.3 Å². The van der Waals surface area contributed by atoms with E-state index in [0.717, 1.165) is 50.6 Å². The Balaban J connectivity index is 1.68. The minimum absolute atomic E-state index is 0.00484. The summed E-state index contributed by atoms with van der Waals surface area (Å²) >= 11 is 4.66. The minimum atomic E-state index is -0.896. The fourth-order valence-corrected chi connectivity index (χ4v) is 7.51. The molecule has 3 aliphatic heterocycles. The molecule has 5 N–H and O–H groups in total. The van der Waals surface area contributed by atoms with E-state index in [9.17, 15) is 29.4 Å². The Morgan fingerprint density at radius 1 is 1.05 bits per heavy atom. The fraction of sp³-hybridized carbons (Fsp3) is 0.576. The Hall–Kier alpha value is -3.47. The molecular formula is C33H45N4O6S-. The highest BCUT2D eigenvalue weighted by molar-refractivity contribution is 7.80. The van der Waals surface area contributed by atoms with Gasteiger partial charge in [-0.3, -0.25) is 19.2 Å². The molecule has 1 saturated heterocycles. The Bertz CT molecular complexity index is 1440. The van der Waals surface area contributed by atoms with Crippen LogP contribution >= 0.6 is 12.6 Å². The molecule has 1 aromatic rings. The number of aliphatic carboxylic acids is 2. The van der Waals surface area contributed by atoms with Crippen LogP contribution in [0.2, 0.25) is 0 Å². The molecule has 1 aromatic heterocycles. The predicted molar refractivity (Wildman–Crippen MR) is 170 cm³/mol. The van der Waals surface area contributed by atoms with E-state index < -0.39 is 11.9 Å². The van der Waals surface area contributed by atoms with Crippen molar-refractivity contribution in [3.05, 3.63) is 56.7 Å². The van der Waals surface area contributed by atoms with Gasteiger partial charge in [0.2, 0.25) is 11.8 Å². The molecule has 44 heavy (non-hydrogen) atoms. The Morgan fingerprint density at radius 3 is 2.30 bits per heavy atom. The minimum Gasteiger partial charge on any atom is -0.664 e. The zero-order chi connectivity index (χ0) is 32.5. The third-order valence-corrected chi connectivity index (χ3v) is 10.0. The largest absolute Gasteiger partial charge is 0.664 e. The summed E-state index contributed by atoms with van der Waals surface area (Å²) in [5.74, 6) is -2.11. The number of amides is 2. The van der Waals surface area contributed by atoms with Crippen LogP contribution in [0.25, 0.3) is 0 Å². The van der Waals surface area contributed by atoms with Gasteiger partial charge >= 0.3 is 11.9 Å². The normalized spacial score (nSPS) is 26.8. The van der Waals surface area contributed by atoms with Crippen molar-refractivity contribution in [2.75, 3.05) is 0 Å². The second kappa shape index (κ2) is 13.7. The van der Waals surface area contributed by atoms with Crippen LogP contribution in [0.5, 0.6) is 0 Å². The Kier molecular flexibility index (Phi) is 10.4. The zero-order valence-electron chi connectivity index (χ0n) is 26.4. The summed E-state index contributed by atoms with van der Waals surface area (Å²) in [6, 6.07) is -0.375. The fourth-order valence-electron chi connectivity index (χ4n) is 7.07. The van der Waals surface area contributed by atoms with Gasteiger partial charge in [-0.05, 0) is 63.2 Å². The molecule has 4 rings (SSSR count). The van der Waals surface area contributed by atoms with Crippen LogP contribution in [0.15, 0.2) is 34.2 Å². The lowest BCUT2D eigenvalue weighted by Gasteiger charge is -2.23. The molecule has 0 aromatic carbocycles. The second-order valence-corrected chi connectivity index (χ2v) is 13.2. The summed E-state index contributed by atoms with van der Waals surface area (Å²) in [6.07, 6.45) is 4.20. The van der Waals surface area contributed by atoms with E-state index >= 15 is 0 Å². The summed E-state index contributed by atoms with van der Waals surface area (Å²) < 4.78 is 0. The molecule has 10 nitrogen and oxygen atoms in total. The molecule has 0 bridgehead atoms. The maximum atomic E-state index is 12.5. The van der Waals surface area contributed by atoms with Crippen LogP contribution in [0.4, 0.5) is 0 Å². The van der Waals surface area contributed by atoms with Crippen molar-refractivity contribution in [3.63, 3.8) is 0 Å². The quantitative estimate of drug-likeness (QED) is 0.182. The summed E-state index contributed by atoms with van der Waals surface area (Å²) in [7, 11) is 0. The maximum absolute atomic E-state index is 12.5. The predicted octanol–water partition coefficient (Wildman–Crippen LogP) is 3.59. The number of carboxylic acids is 2. The van der Waals surface area contributed by atoms with E-state index in [4.69, 9.17) is 4.98 Å². The molecule has 4 heterocycles. The number of hydrogen-bond donors (Lipinski definition) is 6. The first-order chi connectivity index (χ1) is 20.7. The highest BCUT2D eigenvalue weighted by atomic mass is 32.1. The van der Waals surface area contributed by atoms with Gasteiger partial charge in [0, 0.05) is 52.8 Å². The van der Waals surface area contributed by atoms with Crippen molar-refractivity contribution in [1.29, 1.82) is 0 Å². The first-order valence-electron chi connectivity index (χ1n) is 15.5. The molecule has 11 heteroatoms. The average Bonchev–Trinajstić information content (AvgIpc) is 3.59. The van der Waals surface area contributed by atoms with E-state index in [1.807, 2.05) is 47.6 Å². The molecule has 0 radical (unpaired) electrons. The third kappa shape index (κ3) is 6.92. The topological polar surface area (TPSA) is 159 Å². The number of nitrogens with one attached hydrogen (secondary N) is 3. The molecule has 6 atom stereocenters. The van der Waals surface area contributed by atoms with Crippen LogP contribution in [0.1, 0.15) is 82.8 Å². The van der Waals surface area contributed by atoms with Crippen LogP contribution in [0, 0.1) is 24.7 Å². The van der Waals surface area contributed by atoms with Crippen molar-refractivity contribution in [2.24, 2.45) is 17.8 Å². The van der Waals surface area contributed by atoms with Crippen molar-refractivity contribution >= 4 is 36.4 Å². The van der Waals surface area contributed by atoms with Gasteiger partial charge in [-0.25, -0.2) is 0 Å². The molecule has 3 aliphatic rings. The third-order valence-electron chi connectivity index (χ3n) is 9.68. The zero-order valence-corrected chi connectivity index (χ0v) is 27.3. The van der Waals surface area contributed by atoms with Gasteiger partial charge in [0.1, 0.15) is 0 Å². The molecule has 2 amide bonds. The first kappa shape index (κ1) is 33.4. The van der Waals surface area contributed by atoms with Gasteiger partial charge in [-0.2, -0.15) is 24.0 Å². The highest BCUT2D eigenvalue weighted by Crippen LogP contribution is 2.37. The van der Waals surface area contributed by atoms with Crippen molar-refractivity contribution in [3.8, 4) is 0 Å². The second-order valence-electron chi connectivity index (χ2n) is 12.4. The molecule has 0 saturated carbocycles. The molecule has 0 spiro atoms. The molecule has 240 valence electrons. The number of rotatable bonds is 13. The standard InChI is InChI=1S/C33H45N4O6S/c1-7-20-15(2)25(36-33(20)43)12-23-16(3)21(8-10-29(38)39)26(34-23)14-27-22(9-11-30(40)41)17(4)24(35-27)13-28-31(19(6)44)18(5)32(42)37-28/h13,17-19,25,28,31,35,44H,7-12,14H2,1-6H3,(H,36,43)(H,37,42)(H,38,39)(H,40,41)/q-1/b24-13+/t17?,18-,19-,25-,28+,31+/m1/s1. The molecule has 1 unspecified atom stereocenters. The molecular weight excluding hydrogens is 580 g/mol. The smallest absolute Gasteiger partial charge is 0.303 e. The average molecular weight is 626 g/mol. The van der Waals surface area contributed by atoms with Crippen LogP contribution in [0.3, 0.4) is 0 Å². The van der Waals surface area contributed by atoms with Crippen molar-refractivity contribution in [1.82, 2.24) is 20.9 Å². The van der Waals surface area contributed by atoms with E-state index in [-0.39, 0.29) is 59.7 Å². The van der Waals surface area contributed by atoms with E-state index in [0.29, 0.717) is 32.1 Å². The monoisotopic (exact) mass is 625 g/mol. The number of thiol groups is 1. The van der Waals surface area contributed by atoms with Crippen molar-refractivity contribution < 1.29 is 29.4 Å². The SMILES string of the molecule is CCC1=C(C)[C@@H](Cc2[n-]c(CC3=C(CCC(=O)O)C(C)/C(=C\[C@@H]4NC(=O)[C@H](C)[C@H]4[C@@H](C)S)N3)c(CCC(=O)O)c2C)NC1=O. The van der Waals surface area contributed by atoms with E-state index in [1.165, 1.54) is 0 Å². The number of aromatic nitrogens is 1. The Labute approximate surface area is 264 Å².